The largest absolute Gasteiger partial charge is 0.452 e. The Bertz CT molecular complexity index is 1260. The lowest BCUT2D eigenvalue weighted by molar-refractivity contribution is -0.119. The number of hydrogen-bond donors (Lipinski definition) is 1. The number of amides is 1. The van der Waals surface area contributed by atoms with E-state index < -0.39 is 30.1 Å². The Morgan fingerprint density at radius 1 is 0.903 bits per heavy atom. The minimum Gasteiger partial charge on any atom is -0.452 e. The molecule has 1 N–H and O–H groups in total. The zero-order valence-electron chi connectivity index (χ0n) is 16.4. The molecule has 0 radical (unpaired) electrons. The second-order valence-corrected chi connectivity index (χ2v) is 7.02. The second kappa shape index (κ2) is 7.95. The third-order valence-electron chi connectivity index (χ3n) is 4.98. The molecule has 0 atom stereocenters. The normalized spacial score (nSPS) is 12.1. The molecule has 0 bridgehead atoms. The monoisotopic (exact) mass is 417 g/mol. The number of hydrogen-bond acceptors (Lipinski definition) is 5. The molecule has 1 aliphatic rings. The number of carbonyl (C=O) groups excluding carboxylic acids is 4. The van der Waals surface area contributed by atoms with E-state index in [1.807, 2.05) is 0 Å². The molecule has 0 saturated carbocycles. The molecule has 0 unspecified atom stereocenters. The zero-order chi connectivity index (χ0) is 22.1. The van der Waals surface area contributed by atoms with E-state index in [4.69, 9.17) is 4.74 Å². The Hall–Kier alpha value is -4.13. The van der Waals surface area contributed by atoms with E-state index in [0.717, 1.165) is 6.07 Å². The van der Waals surface area contributed by atoms with Crippen molar-refractivity contribution in [2.45, 2.75) is 6.92 Å². The summed E-state index contributed by atoms with van der Waals surface area (Å²) < 4.78 is 18.4. The Labute approximate surface area is 176 Å². The van der Waals surface area contributed by atoms with Gasteiger partial charge in [0.2, 0.25) is 0 Å². The first-order chi connectivity index (χ1) is 14.9. The third kappa shape index (κ3) is 3.73. The van der Waals surface area contributed by atoms with Gasteiger partial charge in [-0.1, -0.05) is 42.5 Å². The van der Waals surface area contributed by atoms with E-state index in [1.165, 1.54) is 36.4 Å². The maximum Gasteiger partial charge on any atom is 0.339 e. The van der Waals surface area contributed by atoms with Crippen LogP contribution >= 0.6 is 0 Å². The lowest BCUT2D eigenvalue weighted by Gasteiger charge is -2.19. The molecule has 6 nitrogen and oxygen atoms in total. The average molecular weight is 417 g/mol. The quantitative estimate of drug-likeness (QED) is 0.512. The van der Waals surface area contributed by atoms with Crippen LogP contribution in [0.15, 0.2) is 60.7 Å². The highest BCUT2D eigenvalue weighted by molar-refractivity contribution is 6.30. The SMILES string of the molecule is Cc1ccc(F)cc1NC(=O)COC(=O)c1cccc2c1C(=O)c1ccccc1C2=O. The molecule has 0 fully saturated rings. The van der Waals surface area contributed by atoms with Gasteiger partial charge in [0.05, 0.1) is 5.56 Å². The fourth-order valence-electron chi connectivity index (χ4n) is 3.44. The number of ketones is 2. The third-order valence-corrected chi connectivity index (χ3v) is 4.98. The number of halogens is 1. The van der Waals surface area contributed by atoms with Crippen LogP contribution in [0.3, 0.4) is 0 Å². The molecule has 3 aromatic rings. The van der Waals surface area contributed by atoms with Crippen LogP contribution in [0.5, 0.6) is 0 Å². The lowest BCUT2D eigenvalue weighted by atomic mass is 9.82. The van der Waals surface area contributed by atoms with Crippen molar-refractivity contribution in [3.63, 3.8) is 0 Å². The van der Waals surface area contributed by atoms with E-state index in [1.54, 1.807) is 25.1 Å². The summed E-state index contributed by atoms with van der Waals surface area (Å²) in [6.45, 7) is 1.05. The average Bonchev–Trinajstić information content (AvgIpc) is 2.77. The van der Waals surface area contributed by atoms with Crippen molar-refractivity contribution in [1.82, 2.24) is 0 Å². The molecule has 154 valence electrons. The van der Waals surface area contributed by atoms with Crippen molar-refractivity contribution in [2.75, 3.05) is 11.9 Å². The number of aryl methyl sites for hydroxylation is 1. The van der Waals surface area contributed by atoms with Crippen LogP contribution in [-0.4, -0.2) is 30.0 Å². The Kier molecular flexibility index (Phi) is 5.17. The van der Waals surface area contributed by atoms with Crippen LogP contribution in [0.2, 0.25) is 0 Å². The fourth-order valence-corrected chi connectivity index (χ4v) is 3.44. The van der Waals surface area contributed by atoms with Crippen LogP contribution in [0, 0.1) is 12.7 Å². The first-order valence-corrected chi connectivity index (χ1v) is 9.41. The van der Waals surface area contributed by atoms with Gasteiger partial charge in [0.15, 0.2) is 18.2 Å². The number of ether oxygens (including phenoxy) is 1. The Morgan fingerprint density at radius 2 is 1.58 bits per heavy atom. The molecule has 0 heterocycles. The molecule has 31 heavy (non-hydrogen) atoms. The summed E-state index contributed by atoms with van der Waals surface area (Å²) in [7, 11) is 0. The van der Waals surface area contributed by atoms with Gasteiger partial charge in [-0.25, -0.2) is 9.18 Å². The predicted molar refractivity (Wildman–Crippen MR) is 110 cm³/mol. The van der Waals surface area contributed by atoms with E-state index >= 15 is 0 Å². The number of carbonyl (C=O) groups is 4. The molecule has 0 aliphatic heterocycles. The van der Waals surface area contributed by atoms with Crippen LogP contribution in [0.4, 0.5) is 10.1 Å². The molecular formula is C24H16FNO5. The van der Waals surface area contributed by atoms with Crippen LogP contribution < -0.4 is 5.32 Å². The first-order valence-electron chi connectivity index (χ1n) is 9.41. The molecule has 4 rings (SSSR count). The summed E-state index contributed by atoms with van der Waals surface area (Å²) in [6, 6.07) is 14.6. The number of benzene rings is 3. The zero-order valence-corrected chi connectivity index (χ0v) is 16.4. The van der Waals surface area contributed by atoms with Crippen molar-refractivity contribution in [2.24, 2.45) is 0 Å². The van der Waals surface area contributed by atoms with Gasteiger partial charge in [-0.2, -0.15) is 0 Å². The highest BCUT2D eigenvalue weighted by Gasteiger charge is 2.33. The van der Waals surface area contributed by atoms with Gasteiger partial charge in [-0.05, 0) is 30.7 Å². The van der Waals surface area contributed by atoms with Crippen molar-refractivity contribution in [3.05, 3.63) is 99.9 Å². The maximum atomic E-state index is 13.4. The minimum atomic E-state index is -0.913. The summed E-state index contributed by atoms with van der Waals surface area (Å²) in [5.74, 6) is -2.92. The molecule has 0 aromatic heterocycles. The molecule has 0 saturated heterocycles. The number of anilines is 1. The van der Waals surface area contributed by atoms with Gasteiger partial charge in [-0.3, -0.25) is 14.4 Å². The first kappa shape index (κ1) is 20.2. The molecule has 7 heteroatoms. The molecule has 1 aliphatic carbocycles. The van der Waals surface area contributed by atoms with Gasteiger partial charge in [-0.15, -0.1) is 0 Å². The molecule has 3 aromatic carbocycles. The highest BCUT2D eigenvalue weighted by atomic mass is 19.1. The van der Waals surface area contributed by atoms with E-state index in [-0.39, 0.29) is 39.3 Å². The number of rotatable bonds is 4. The second-order valence-electron chi connectivity index (χ2n) is 7.02. The fraction of sp³-hybridized carbons (Fsp3) is 0.0833. The standard InChI is InChI=1S/C24H16FNO5/c1-13-9-10-14(25)11-19(13)26-20(27)12-31-24(30)18-8-4-7-17-21(18)23(29)16-6-3-2-5-15(16)22(17)28/h2-11H,12H2,1H3,(H,26,27). The Morgan fingerprint density at radius 3 is 2.32 bits per heavy atom. The summed E-state index contributed by atoms with van der Waals surface area (Å²) >= 11 is 0. The van der Waals surface area contributed by atoms with E-state index in [0.29, 0.717) is 5.56 Å². The molecule has 0 spiro atoms. The summed E-state index contributed by atoms with van der Waals surface area (Å²) in [5.41, 5.74) is 1.35. The number of esters is 1. The van der Waals surface area contributed by atoms with Gasteiger partial charge in [0, 0.05) is 27.9 Å². The highest BCUT2D eigenvalue weighted by Crippen LogP contribution is 2.29. The minimum absolute atomic E-state index is 0.0439. The van der Waals surface area contributed by atoms with E-state index in [2.05, 4.69) is 5.32 Å². The van der Waals surface area contributed by atoms with Gasteiger partial charge >= 0.3 is 5.97 Å². The smallest absolute Gasteiger partial charge is 0.339 e. The summed E-state index contributed by atoms with van der Waals surface area (Å²) in [4.78, 5) is 50.5. The lowest BCUT2D eigenvalue weighted by Crippen LogP contribution is -2.26. The number of nitrogens with one attached hydrogen (secondary N) is 1. The van der Waals surface area contributed by atoms with Crippen LogP contribution in [0.1, 0.15) is 47.8 Å². The topological polar surface area (TPSA) is 89.5 Å². The van der Waals surface area contributed by atoms with Crippen LogP contribution in [-0.2, 0) is 9.53 Å². The number of fused-ring (bicyclic) bond motifs is 2. The maximum absolute atomic E-state index is 13.4. The van der Waals surface area contributed by atoms with Crippen molar-refractivity contribution < 1.29 is 28.3 Å². The van der Waals surface area contributed by atoms with Crippen molar-refractivity contribution in [1.29, 1.82) is 0 Å². The van der Waals surface area contributed by atoms with Gasteiger partial charge < -0.3 is 10.1 Å². The summed E-state index contributed by atoms with van der Waals surface area (Å²) in [5, 5.41) is 2.47. The van der Waals surface area contributed by atoms with Gasteiger partial charge in [0.25, 0.3) is 5.91 Å². The van der Waals surface area contributed by atoms with Crippen LogP contribution in [0.25, 0.3) is 0 Å². The van der Waals surface area contributed by atoms with Crippen molar-refractivity contribution in [3.8, 4) is 0 Å². The Balaban J connectivity index is 1.54. The molecule has 1 amide bonds. The predicted octanol–water partition coefficient (Wildman–Crippen LogP) is 3.71. The van der Waals surface area contributed by atoms with Gasteiger partial charge in [0.1, 0.15) is 5.82 Å². The van der Waals surface area contributed by atoms with Crippen molar-refractivity contribution >= 4 is 29.1 Å². The van der Waals surface area contributed by atoms with E-state index in [9.17, 15) is 23.6 Å². The summed E-state index contributed by atoms with van der Waals surface area (Å²) in [6.07, 6.45) is 0. The molecular weight excluding hydrogens is 401 g/mol.